The normalized spacial score (nSPS) is 17.8. The lowest BCUT2D eigenvalue weighted by Gasteiger charge is -2.24. The van der Waals surface area contributed by atoms with Crippen LogP contribution < -0.4 is 5.32 Å². The molecule has 4 rings (SSSR count). The minimum Gasteiger partial charge on any atom is -0.357 e. The number of nitrogens with one attached hydrogen (secondary N) is 2. The minimum absolute atomic E-state index is 0.393. The van der Waals surface area contributed by atoms with E-state index in [-0.39, 0.29) is 0 Å². The number of aromatic nitrogens is 3. The van der Waals surface area contributed by atoms with Gasteiger partial charge in [-0.05, 0) is 43.0 Å². The highest BCUT2D eigenvalue weighted by molar-refractivity contribution is 9.10. The van der Waals surface area contributed by atoms with Gasteiger partial charge >= 0.3 is 0 Å². The topological polar surface area (TPSA) is 45.6 Å². The summed E-state index contributed by atoms with van der Waals surface area (Å²) in [7, 11) is 2.04. The highest BCUT2D eigenvalue weighted by atomic mass is 79.9. The summed E-state index contributed by atoms with van der Waals surface area (Å²) in [6.07, 6.45) is 7.35. The number of hydrogen-bond donors (Lipinski definition) is 2. The average Bonchev–Trinajstić information content (AvgIpc) is 3.09. The number of nitrogens with zero attached hydrogens (tertiary/aromatic N) is 2. The number of imidazole rings is 1. The van der Waals surface area contributed by atoms with Crippen LogP contribution in [0.15, 0.2) is 35.2 Å². The first-order chi connectivity index (χ1) is 10.7. The molecule has 1 aliphatic carbocycles. The monoisotopic (exact) mass is 358 g/mol. The number of hydrogen-bond acceptors (Lipinski definition) is 2. The van der Waals surface area contributed by atoms with Crippen molar-refractivity contribution in [2.75, 3.05) is 0 Å². The number of benzene rings is 1. The Bertz CT molecular complexity index is 817. The van der Waals surface area contributed by atoms with Gasteiger partial charge in [-0.15, -0.1) is 0 Å². The zero-order chi connectivity index (χ0) is 15.1. The molecule has 22 heavy (non-hydrogen) atoms. The number of halogens is 1. The molecule has 0 amide bonds. The van der Waals surface area contributed by atoms with Gasteiger partial charge in [0, 0.05) is 46.9 Å². The fraction of sp³-hybridized carbons (Fsp3) is 0.353. The number of H-pyrrole nitrogens is 1. The maximum absolute atomic E-state index is 4.18. The van der Waals surface area contributed by atoms with E-state index in [0.717, 1.165) is 17.4 Å². The summed E-state index contributed by atoms with van der Waals surface area (Å²) < 4.78 is 3.21. The van der Waals surface area contributed by atoms with Gasteiger partial charge in [0.1, 0.15) is 0 Å². The summed E-state index contributed by atoms with van der Waals surface area (Å²) in [5, 5.41) is 5.05. The van der Waals surface area contributed by atoms with Crippen LogP contribution in [-0.4, -0.2) is 14.5 Å². The van der Waals surface area contributed by atoms with Gasteiger partial charge in [-0.2, -0.15) is 0 Å². The van der Waals surface area contributed by atoms with Crippen LogP contribution in [0.5, 0.6) is 0 Å². The van der Waals surface area contributed by atoms with E-state index in [2.05, 4.69) is 54.0 Å². The van der Waals surface area contributed by atoms with Gasteiger partial charge in [0.05, 0.1) is 12.0 Å². The summed E-state index contributed by atoms with van der Waals surface area (Å²) in [6.45, 7) is 0.847. The molecule has 1 aliphatic rings. The van der Waals surface area contributed by atoms with Gasteiger partial charge in [-0.1, -0.05) is 15.9 Å². The number of aryl methyl sites for hydroxylation is 2. The second-order valence-corrected chi connectivity index (χ2v) is 6.94. The molecular weight excluding hydrogens is 340 g/mol. The Balaban J connectivity index is 1.64. The fourth-order valence-corrected chi connectivity index (χ4v) is 3.78. The van der Waals surface area contributed by atoms with Crippen LogP contribution in [0.2, 0.25) is 0 Å². The van der Waals surface area contributed by atoms with Crippen LogP contribution in [0, 0.1) is 0 Å². The van der Waals surface area contributed by atoms with E-state index in [1.807, 2.05) is 19.6 Å². The van der Waals surface area contributed by atoms with E-state index in [0.29, 0.717) is 6.04 Å². The molecular formula is C17H19BrN4. The number of aromatic amines is 1. The molecule has 1 atom stereocenters. The molecule has 0 saturated carbocycles. The summed E-state index contributed by atoms with van der Waals surface area (Å²) in [4.78, 5) is 7.82. The number of fused-ring (bicyclic) bond motifs is 3. The van der Waals surface area contributed by atoms with Crippen molar-refractivity contribution in [1.82, 2.24) is 19.9 Å². The Morgan fingerprint density at radius 2 is 2.36 bits per heavy atom. The first-order valence-electron chi connectivity index (χ1n) is 7.71. The SMILES string of the molecule is Cn1cncc1CN[C@@H]1CCCc2c1[nH]c1ccc(Br)cc21. The van der Waals surface area contributed by atoms with E-state index < -0.39 is 0 Å². The first kappa shape index (κ1) is 14.0. The van der Waals surface area contributed by atoms with Gasteiger partial charge in [0.25, 0.3) is 0 Å². The maximum Gasteiger partial charge on any atom is 0.0945 e. The Labute approximate surface area is 138 Å². The predicted octanol–water partition coefficient (Wildman–Crippen LogP) is 3.83. The van der Waals surface area contributed by atoms with E-state index >= 15 is 0 Å². The van der Waals surface area contributed by atoms with Crippen molar-refractivity contribution in [2.24, 2.45) is 7.05 Å². The van der Waals surface area contributed by atoms with Crippen molar-refractivity contribution in [2.45, 2.75) is 31.8 Å². The van der Waals surface area contributed by atoms with E-state index in [9.17, 15) is 0 Å². The van der Waals surface area contributed by atoms with Crippen molar-refractivity contribution < 1.29 is 0 Å². The molecule has 0 unspecified atom stereocenters. The van der Waals surface area contributed by atoms with Crippen molar-refractivity contribution in [3.05, 3.63) is 52.1 Å². The molecule has 5 heteroatoms. The molecule has 0 bridgehead atoms. The van der Waals surface area contributed by atoms with Crippen molar-refractivity contribution in [1.29, 1.82) is 0 Å². The highest BCUT2D eigenvalue weighted by Crippen LogP contribution is 2.35. The molecule has 2 aromatic heterocycles. The van der Waals surface area contributed by atoms with Crippen LogP contribution in [0.1, 0.15) is 35.8 Å². The van der Waals surface area contributed by atoms with Crippen molar-refractivity contribution >= 4 is 26.8 Å². The van der Waals surface area contributed by atoms with Crippen molar-refractivity contribution in [3.8, 4) is 0 Å². The first-order valence-corrected chi connectivity index (χ1v) is 8.50. The third-order valence-corrected chi connectivity index (χ3v) is 5.11. The molecule has 114 valence electrons. The number of rotatable bonds is 3. The summed E-state index contributed by atoms with van der Waals surface area (Å²) in [5.74, 6) is 0. The lowest BCUT2D eigenvalue weighted by atomic mass is 9.91. The van der Waals surface area contributed by atoms with Crippen LogP contribution in [0.3, 0.4) is 0 Å². The smallest absolute Gasteiger partial charge is 0.0945 e. The molecule has 0 fully saturated rings. The fourth-order valence-electron chi connectivity index (χ4n) is 3.42. The molecule has 0 spiro atoms. The quantitative estimate of drug-likeness (QED) is 0.747. The molecule has 0 saturated heterocycles. The summed E-state index contributed by atoms with van der Waals surface area (Å²) in [6, 6.07) is 6.89. The maximum atomic E-state index is 4.18. The van der Waals surface area contributed by atoms with Crippen LogP contribution in [0.25, 0.3) is 10.9 Å². The van der Waals surface area contributed by atoms with E-state index in [1.54, 1.807) is 0 Å². The zero-order valence-corrected chi connectivity index (χ0v) is 14.2. The second kappa shape index (κ2) is 5.56. The van der Waals surface area contributed by atoms with Gasteiger partial charge in [-0.3, -0.25) is 0 Å². The van der Waals surface area contributed by atoms with Crippen LogP contribution >= 0.6 is 15.9 Å². The third-order valence-electron chi connectivity index (χ3n) is 4.62. The minimum atomic E-state index is 0.393. The third kappa shape index (κ3) is 2.38. The Morgan fingerprint density at radius 3 is 3.18 bits per heavy atom. The molecule has 0 radical (unpaired) electrons. The molecule has 2 N–H and O–H groups in total. The van der Waals surface area contributed by atoms with E-state index in [1.165, 1.54) is 40.7 Å². The second-order valence-electron chi connectivity index (χ2n) is 6.03. The Kier molecular flexibility index (Phi) is 3.54. The lowest BCUT2D eigenvalue weighted by molar-refractivity contribution is 0.446. The molecule has 0 aliphatic heterocycles. The Hall–Kier alpha value is -1.59. The summed E-state index contributed by atoms with van der Waals surface area (Å²) >= 11 is 3.59. The van der Waals surface area contributed by atoms with Crippen molar-refractivity contribution in [3.63, 3.8) is 0 Å². The van der Waals surface area contributed by atoms with Gasteiger partial charge in [-0.25, -0.2) is 4.98 Å². The van der Waals surface area contributed by atoms with Crippen LogP contribution in [-0.2, 0) is 20.0 Å². The van der Waals surface area contributed by atoms with Gasteiger partial charge in [0.2, 0.25) is 0 Å². The highest BCUT2D eigenvalue weighted by Gasteiger charge is 2.24. The van der Waals surface area contributed by atoms with Gasteiger partial charge in [0.15, 0.2) is 0 Å². The predicted molar refractivity (Wildman–Crippen MR) is 91.7 cm³/mol. The average molecular weight is 359 g/mol. The standard InChI is InChI=1S/C17H19BrN4/c1-22-10-19-8-12(22)9-20-16-4-2-3-13-14-7-11(18)5-6-15(14)21-17(13)16/h5-8,10,16,20-21H,2-4,9H2,1H3/t16-/m1/s1. The lowest BCUT2D eigenvalue weighted by Crippen LogP contribution is -2.25. The largest absolute Gasteiger partial charge is 0.357 e. The zero-order valence-electron chi connectivity index (χ0n) is 12.6. The summed E-state index contributed by atoms with van der Waals surface area (Å²) in [5.41, 5.74) is 5.29. The molecule has 2 heterocycles. The Morgan fingerprint density at radius 1 is 1.45 bits per heavy atom. The van der Waals surface area contributed by atoms with E-state index in [4.69, 9.17) is 0 Å². The molecule has 4 nitrogen and oxygen atoms in total. The van der Waals surface area contributed by atoms with Crippen LogP contribution in [0.4, 0.5) is 0 Å². The molecule has 3 aromatic rings. The molecule has 1 aromatic carbocycles. The van der Waals surface area contributed by atoms with Gasteiger partial charge < -0.3 is 14.9 Å².